The maximum atomic E-state index is 13.5. The average Bonchev–Trinajstić information content (AvgIpc) is 3.29. The number of hydrogen-bond acceptors (Lipinski definition) is 3. The van der Waals surface area contributed by atoms with Gasteiger partial charge in [-0.1, -0.05) is 53.5 Å². The lowest BCUT2D eigenvalue weighted by molar-refractivity contribution is -0.140. The van der Waals surface area contributed by atoms with E-state index in [0.29, 0.717) is 16.1 Å². The van der Waals surface area contributed by atoms with Crippen molar-refractivity contribution in [1.82, 2.24) is 9.88 Å². The summed E-state index contributed by atoms with van der Waals surface area (Å²) < 4.78 is 13.5. The fraction of sp³-hybridized carbons (Fsp3) is 0.111. The fourth-order valence-electron chi connectivity index (χ4n) is 4.58. The smallest absolute Gasteiger partial charge is 0.295 e. The number of hydrogen-bond donors (Lipinski definition) is 2. The molecule has 1 aliphatic heterocycles. The number of H-pyrrole nitrogens is 1. The number of likely N-dealkylation sites (tertiary alicyclic amines) is 1. The van der Waals surface area contributed by atoms with Crippen molar-refractivity contribution < 1.29 is 19.1 Å². The van der Waals surface area contributed by atoms with Gasteiger partial charge in [0.15, 0.2) is 0 Å². The van der Waals surface area contributed by atoms with Crippen LogP contribution >= 0.6 is 23.2 Å². The molecule has 1 unspecified atom stereocenters. The number of amides is 1. The third-order valence-corrected chi connectivity index (χ3v) is 6.96. The molecule has 0 saturated carbocycles. The molecule has 8 heteroatoms. The summed E-state index contributed by atoms with van der Waals surface area (Å²) in [5.41, 5.74) is 3.14. The Labute approximate surface area is 210 Å². The van der Waals surface area contributed by atoms with Crippen LogP contribution < -0.4 is 0 Å². The molecular formula is C27H19Cl2FN2O3. The van der Waals surface area contributed by atoms with Crippen LogP contribution in [0.3, 0.4) is 0 Å². The highest BCUT2D eigenvalue weighted by Crippen LogP contribution is 2.44. The zero-order chi connectivity index (χ0) is 24.9. The molecule has 1 aromatic heterocycles. The summed E-state index contributed by atoms with van der Waals surface area (Å²) in [4.78, 5) is 31.3. The molecule has 0 spiro atoms. The number of aromatic nitrogens is 1. The van der Waals surface area contributed by atoms with Gasteiger partial charge in [0.2, 0.25) is 0 Å². The summed E-state index contributed by atoms with van der Waals surface area (Å²) in [6.45, 7) is 1.90. The number of rotatable bonds is 4. The summed E-state index contributed by atoms with van der Waals surface area (Å²) >= 11 is 12.2. The lowest BCUT2D eigenvalue weighted by Gasteiger charge is -2.26. The van der Waals surface area contributed by atoms with Gasteiger partial charge in [0, 0.05) is 34.3 Å². The van der Waals surface area contributed by atoms with E-state index < -0.39 is 23.5 Å². The molecule has 5 rings (SSSR count). The number of fused-ring (bicyclic) bond motifs is 1. The summed E-state index contributed by atoms with van der Waals surface area (Å²) in [5, 5.41) is 12.6. The van der Waals surface area contributed by atoms with E-state index >= 15 is 0 Å². The summed E-state index contributed by atoms with van der Waals surface area (Å²) in [6, 6.07) is 16.9. The summed E-state index contributed by atoms with van der Waals surface area (Å²) in [7, 11) is 0. The molecule has 5 nitrogen and oxygen atoms in total. The first-order valence-electron chi connectivity index (χ1n) is 10.8. The molecule has 1 atom stereocenters. The third kappa shape index (κ3) is 3.99. The number of Topliss-reactive ketones (excluding diaryl/α,β-unsaturated/α-hetero) is 1. The van der Waals surface area contributed by atoms with E-state index in [9.17, 15) is 19.1 Å². The molecule has 176 valence electrons. The van der Waals surface area contributed by atoms with Crippen LogP contribution in [0.2, 0.25) is 10.0 Å². The van der Waals surface area contributed by atoms with E-state index in [1.165, 1.54) is 35.2 Å². The number of para-hydroxylation sites is 1. The molecule has 4 aromatic rings. The standard InChI is InChI=1S/C27H19Cl2FN2O3/c1-14-22(18-4-2-3-5-21(18)31-14)24-23(25(33)16-8-11-19(28)20(29)12-16)26(34)27(35)32(24)13-15-6-9-17(30)10-7-15/h2-12,24,31,33H,13H2,1H3/b25-23+. The van der Waals surface area contributed by atoms with Gasteiger partial charge < -0.3 is 15.0 Å². The third-order valence-electron chi connectivity index (χ3n) is 6.22. The zero-order valence-corrected chi connectivity index (χ0v) is 20.0. The normalized spacial score (nSPS) is 17.5. The van der Waals surface area contributed by atoms with Gasteiger partial charge in [0.1, 0.15) is 11.6 Å². The molecule has 0 aliphatic carbocycles. The van der Waals surface area contributed by atoms with E-state index in [0.717, 1.165) is 16.6 Å². The lowest BCUT2D eigenvalue weighted by Crippen LogP contribution is -2.29. The number of nitrogens with zero attached hydrogens (tertiary/aromatic N) is 1. The molecule has 0 bridgehead atoms. The van der Waals surface area contributed by atoms with Crippen molar-refractivity contribution in [2.24, 2.45) is 0 Å². The van der Waals surface area contributed by atoms with Crippen LogP contribution in [0, 0.1) is 12.7 Å². The first kappa shape index (κ1) is 23.1. The number of halogens is 3. The number of aliphatic hydroxyl groups is 1. The Bertz CT molecular complexity index is 1530. The number of carbonyl (C=O) groups is 2. The van der Waals surface area contributed by atoms with Crippen LogP contribution in [-0.2, 0) is 16.1 Å². The minimum absolute atomic E-state index is 0.0482. The molecule has 3 aromatic carbocycles. The van der Waals surface area contributed by atoms with Crippen molar-refractivity contribution in [3.8, 4) is 0 Å². The van der Waals surface area contributed by atoms with E-state index in [4.69, 9.17) is 23.2 Å². The van der Waals surface area contributed by atoms with Gasteiger partial charge in [0.25, 0.3) is 11.7 Å². The lowest BCUT2D eigenvalue weighted by atomic mass is 9.93. The van der Waals surface area contributed by atoms with Crippen molar-refractivity contribution in [1.29, 1.82) is 0 Å². The SMILES string of the molecule is Cc1[nH]c2ccccc2c1C1/C(=C(\O)c2ccc(Cl)c(Cl)c2)C(=O)C(=O)N1Cc1ccc(F)cc1. The quantitative estimate of drug-likeness (QED) is 0.186. The maximum Gasteiger partial charge on any atom is 0.295 e. The summed E-state index contributed by atoms with van der Waals surface area (Å²) in [6.07, 6.45) is 0. The van der Waals surface area contributed by atoms with Gasteiger partial charge >= 0.3 is 0 Å². The molecule has 2 N–H and O–H groups in total. The zero-order valence-electron chi connectivity index (χ0n) is 18.5. The Hall–Kier alpha value is -3.61. The molecule has 1 amide bonds. The van der Waals surface area contributed by atoms with Crippen molar-refractivity contribution in [3.05, 3.63) is 111 Å². The van der Waals surface area contributed by atoms with Gasteiger partial charge in [-0.3, -0.25) is 9.59 Å². The highest BCUT2D eigenvalue weighted by molar-refractivity contribution is 6.47. The number of nitrogens with one attached hydrogen (secondary N) is 1. The predicted octanol–water partition coefficient (Wildman–Crippen LogP) is 6.54. The van der Waals surface area contributed by atoms with Crippen molar-refractivity contribution >= 4 is 51.6 Å². The topological polar surface area (TPSA) is 73.4 Å². The monoisotopic (exact) mass is 508 g/mol. The molecule has 0 radical (unpaired) electrons. The van der Waals surface area contributed by atoms with Crippen LogP contribution in [0.4, 0.5) is 4.39 Å². The van der Waals surface area contributed by atoms with Crippen molar-refractivity contribution in [2.75, 3.05) is 0 Å². The van der Waals surface area contributed by atoms with Gasteiger partial charge in [-0.05, 0) is 48.9 Å². The Morgan fingerprint density at radius 3 is 2.46 bits per heavy atom. The van der Waals surface area contributed by atoms with Crippen LogP contribution in [0.1, 0.15) is 28.4 Å². The second-order valence-electron chi connectivity index (χ2n) is 8.39. The first-order valence-corrected chi connectivity index (χ1v) is 11.6. The predicted molar refractivity (Wildman–Crippen MR) is 134 cm³/mol. The Balaban J connectivity index is 1.74. The van der Waals surface area contributed by atoms with E-state index in [1.54, 1.807) is 12.1 Å². The van der Waals surface area contributed by atoms with Crippen LogP contribution in [0.5, 0.6) is 0 Å². The molecular weight excluding hydrogens is 490 g/mol. The van der Waals surface area contributed by atoms with Gasteiger partial charge in [-0.2, -0.15) is 0 Å². The Morgan fingerprint density at radius 2 is 1.74 bits per heavy atom. The van der Waals surface area contributed by atoms with E-state index in [-0.39, 0.29) is 28.5 Å². The second kappa shape index (κ2) is 8.87. The molecule has 35 heavy (non-hydrogen) atoms. The van der Waals surface area contributed by atoms with E-state index in [2.05, 4.69) is 4.98 Å². The maximum absolute atomic E-state index is 13.5. The van der Waals surface area contributed by atoms with Crippen LogP contribution in [0.15, 0.2) is 72.3 Å². The van der Waals surface area contributed by atoms with Gasteiger partial charge in [-0.15, -0.1) is 0 Å². The number of aromatic amines is 1. The largest absolute Gasteiger partial charge is 0.507 e. The highest BCUT2D eigenvalue weighted by atomic mass is 35.5. The van der Waals surface area contributed by atoms with Gasteiger partial charge in [-0.25, -0.2) is 4.39 Å². The molecule has 1 fully saturated rings. The van der Waals surface area contributed by atoms with Gasteiger partial charge in [0.05, 0.1) is 21.7 Å². The fourth-order valence-corrected chi connectivity index (χ4v) is 4.88. The van der Waals surface area contributed by atoms with Crippen molar-refractivity contribution in [3.63, 3.8) is 0 Å². The first-order chi connectivity index (χ1) is 16.8. The van der Waals surface area contributed by atoms with Crippen LogP contribution in [0.25, 0.3) is 16.7 Å². The second-order valence-corrected chi connectivity index (χ2v) is 9.21. The number of benzene rings is 3. The Morgan fingerprint density at radius 1 is 1.03 bits per heavy atom. The van der Waals surface area contributed by atoms with Crippen molar-refractivity contribution in [2.45, 2.75) is 19.5 Å². The highest BCUT2D eigenvalue weighted by Gasteiger charge is 2.47. The summed E-state index contributed by atoms with van der Waals surface area (Å²) in [5.74, 6) is -2.33. The molecule has 2 heterocycles. The van der Waals surface area contributed by atoms with E-state index in [1.807, 2.05) is 31.2 Å². The molecule has 1 saturated heterocycles. The molecule has 1 aliphatic rings. The minimum Gasteiger partial charge on any atom is -0.507 e. The number of aliphatic hydroxyl groups excluding tert-OH is 1. The average molecular weight is 509 g/mol. The number of carbonyl (C=O) groups excluding carboxylic acids is 2. The number of aryl methyl sites for hydroxylation is 1. The minimum atomic E-state index is -0.884. The van der Waals surface area contributed by atoms with Crippen LogP contribution in [-0.4, -0.2) is 26.7 Å². The Kier molecular flexibility index (Phi) is 5.87. The number of ketones is 1.